The van der Waals surface area contributed by atoms with Crippen molar-refractivity contribution in [1.82, 2.24) is 10.2 Å². The summed E-state index contributed by atoms with van der Waals surface area (Å²) in [6.07, 6.45) is 0. The summed E-state index contributed by atoms with van der Waals surface area (Å²) in [7, 11) is 0. The Hall–Kier alpha value is -2.26. The number of nitrogen functional groups attached to an aromatic ring is 1. The van der Waals surface area contributed by atoms with E-state index in [-0.39, 0.29) is 34.2 Å². The Balaban J connectivity index is 2.28. The molecular weight excluding hydrogens is 373 g/mol. The first-order chi connectivity index (χ1) is 11.6. The average molecular weight is 390 g/mol. The molecule has 0 radical (unpaired) electrons. The standard InChI is InChI=1S/C14H17Cl2N5O4/c1-14(2,7-25-21(23)24)12(22)20-4-3-18-13(20)19-11-9(15)5-8(17)6-10(11)16/h5-6H,3-4,7,17H2,1-2H3,(H,18,19). The van der Waals surface area contributed by atoms with E-state index >= 15 is 0 Å². The van der Waals surface area contributed by atoms with Crippen molar-refractivity contribution in [3.05, 3.63) is 32.3 Å². The number of carbonyl (C=O) groups is 1. The van der Waals surface area contributed by atoms with E-state index in [0.717, 1.165) is 0 Å². The van der Waals surface area contributed by atoms with Crippen LogP contribution in [0.15, 0.2) is 17.1 Å². The molecule has 0 bridgehead atoms. The zero-order valence-corrected chi connectivity index (χ0v) is 15.1. The summed E-state index contributed by atoms with van der Waals surface area (Å²) in [5, 5.41) is 12.9. The van der Waals surface area contributed by atoms with Crippen LogP contribution >= 0.6 is 23.2 Å². The Morgan fingerprint density at radius 1 is 1.48 bits per heavy atom. The molecule has 1 aliphatic heterocycles. The van der Waals surface area contributed by atoms with Gasteiger partial charge in [-0.25, -0.2) is 4.99 Å². The van der Waals surface area contributed by atoms with Gasteiger partial charge in [-0.15, -0.1) is 10.1 Å². The normalized spacial score (nSPS) is 16.0. The van der Waals surface area contributed by atoms with Crippen LogP contribution in [-0.2, 0) is 9.63 Å². The van der Waals surface area contributed by atoms with Gasteiger partial charge in [0.25, 0.3) is 5.09 Å². The Morgan fingerprint density at radius 3 is 2.64 bits per heavy atom. The number of nitrogens with zero attached hydrogens (tertiary/aromatic N) is 3. The fourth-order valence-corrected chi connectivity index (χ4v) is 2.81. The molecule has 9 nitrogen and oxygen atoms in total. The molecule has 0 atom stereocenters. The molecule has 0 spiro atoms. The second-order valence-corrected chi connectivity index (χ2v) is 6.85. The second kappa shape index (κ2) is 7.32. The summed E-state index contributed by atoms with van der Waals surface area (Å²) in [5.41, 5.74) is 5.21. The van der Waals surface area contributed by atoms with Gasteiger partial charge in [0, 0.05) is 18.8 Å². The maximum atomic E-state index is 12.7. The second-order valence-electron chi connectivity index (χ2n) is 6.03. The third-order valence-electron chi connectivity index (χ3n) is 3.49. The average Bonchev–Trinajstić information content (AvgIpc) is 2.96. The molecule has 0 unspecified atom stereocenters. The monoisotopic (exact) mass is 389 g/mol. The van der Waals surface area contributed by atoms with Crippen LogP contribution in [0.1, 0.15) is 13.8 Å². The zero-order chi connectivity index (χ0) is 18.8. The first-order valence-electron chi connectivity index (χ1n) is 7.28. The molecule has 3 N–H and O–H groups in total. The fraction of sp³-hybridized carbons (Fsp3) is 0.429. The fourth-order valence-electron chi connectivity index (χ4n) is 2.22. The molecule has 1 saturated heterocycles. The van der Waals surface area contributed by atoms with Crippen LogP contribution in [0.2, 0.25) is 10.0 Å². The van der Waals surface area contributed by atoms with Crippen LogP contribution in [0.4, 0.5) is 11.4 Å². The lowest BCUT2D eigenvalue weighted by Gasteiger charge is -2.27. The van der Waals surface area contributed by atoms with E-state index in [4.69, 9.17) is 28.9 Å². The van der Waals surface area contributed by atoms with Crippen LogP contribution in [0.3, 0.4) is 0 Å². The van der Waals surface area contributed by atoms with Crippen molar-refractivity contribution in [2.45, 2.75) is 13.8 Å². The van der Waals surface area contributed by atoms with Gasteiger partial charge < -0.3 is 15.9 Å². The van der Waals surface area contributed by atoms with Gasteiger partial charge in [-0.05, 0) is 26.0 Å². The van der Waals surface area contributed by atoms with Gasteiger partial charge >= 0.3 is 0 Å². The van der Waals surface area contributed by atoms with E-state index in [1.165, 1.54) is 17.0 Å². The number of anilines is 1. The maximum Gasteiger partial charge on any atom is 0.294 e. The van der Waals surface area contributed by atoms with Crippen LogP contribution in [0.25, 0.3) is 0 Å². The van der Waals surface area contributed by atoms with Gasteiger partial charge in [0.2, 0.25) is 11.9 Å². The van der Waals surface area contributed by atoms with Crippen molar-refractivity contribution in [1.29, 1.82) is 0 Å². The molecular formula is C14H17Cl2N5O4. The Morgan fingerprint density at radius 2 is 2.08 bits per heavy atom. The van der Waals surface area contributed by atoms with Crippen LogP contribution in [0.5, 0.6) is 0 Å². The highest BCUT2D eigenvalue weighted by atomic mass is 35.5. The van der Waals surface area contributed by atoms with E-state index in [0.29, 0.717) is 18.8 Å². The molecule has 1 fully saturated rings. The lowest BCUT2D eigenvalue weighted by Crippen LogP contribution is -2.45. The van der Waals surface area contributed by atoms with Crippen molar-refractivity contribution in [3.8, 4) is 0 Å². The van der Waals surface area contributed by atoms with Crippen LogP contribution in [0, 0.1) is 15.5 Å². The number of amides is 1. The molecule has 11 heteroatoms. The third-order valence-corrected chi connectivity index (χ3v) is 4.06. The van der Waals surface area contributed by atoms with E-state index in [1.807, 2.05) is 0 Å². The lowest BCUT2D eigenvalue weighted by molar-refractivity contribution is -0.760. The molecule has 0 aromatic heterocycles. The molecule has 2 rings (SSSR count). The number of benzene rings is 1. The first-order valence-corrected chi connectivity index (χ1v) is 8.04. The molecule has 1 aromatic carbocycles. The van der Waals surface area contributed by atoms with Crippen molar-refractivity contribution in [3.63, 3.8) is 0 Å². The highest BCUT2D eigenvalue weighted by Gasteiger charge is 2.37. The van der Waals surface area contributed by atoms with Crippen molar-refractivity contribution in [2.24, 2.45) is 10.4 Å². The number of halogens is 2. The van der Waals surface area contributed by atoms with Gasteiger partial charge in [0.15, 0.2) is 0 Å². The van der Waals surface area contributed by atoms with E-state index < -0.39 is 10.5 Å². The smallest absolute Gasteiger partial charge is 0.294 e. The maximum absolute atomic E-state index is 12.7. The molecule has 1 aliphatic rings. The Kier molecular flexibility index (Phi) is 5.58. The van der Waals surface area contributed by atoms with Gasteiger partial charge in [0.1, 0.15) is 12.3 Å². The summed E-state index contributed by atoms with van der Waals surface area (Å²) in [6.45, 7) is 3.56. The number of rotatable bonds is 5. The number of guanidine groups is 1. The summed E-state index contributed by atoms with van der Waals surface area (Å²) in [5.74, 6) is -0.117. The van der Waals surface area contributed by atoms with Crippen molar-refractivity contribution >= 4 is 46.4 Å². The first kappa shape index (κ1) is 19.1. The number of nitrogens with one attached hydrogen (secondary N) is 1. The third kappa shape index (κ3) is 4.43. The highest BCUT2D eigenvalue weighted by molar-refractivity contribution is 6.39. The molecule has 1 aromatic rings. The highest BCUT2D eigenvalue weighted by Crippen LogP contribution is 2.35. The molecule has 25 heavy (non-hydrogen) atoms. The summed E-state index contributed by atoms with van der Waals surface area (Å²) in [6, 6.07) is 3.01. The van der Waals surface area contributed by atoms with Gasteiger partial charge in [-0.1, -0.05) is 23.2 Å². The number of aliphatic imine (C=N–C) groups is 1. The number of hydrogen-bond acceptors (Lipinski definition) is 6. The predicted molar refractivity (Wildman–Crippen MR) is 94.4 cm³/mol. The largest absolute Gasteiger partial charge is 0.399 e. The molecule has 1 amide bonds. The topological polar surface area (TPSA) is 123 Å². The quantitative estimate of drug-likeness (QED) is 0.452. The minimum absolute atomic E-state index is 0.245. The van der Waals surface area contributed by atoms with Crippen molar-refractivity contribution < 1.29 is 14.7 Å². The van der Waals surface area contributed by atoms with Crippen LogP contribution < -0.4 is 11.1 Å². The van der Waals surface area contributed by atoms with Crippen molar-refractivity contribution in [2.75, 3.05) is 25.4 Å². The SMILES string of the molecule is CC(C)(CO[N+](=O)[O-])C(=O)N1CCN/C1=N\c1c(Cl)cc(N)cc1Cl. The van der Waals surface area contributed by atoms with Gasteiger partial charge in [-0.2, -0.15) is 0 Å². The molecule has 0 aliphatic carbocycles. The molecule has 0 saturated carbocycles. The Bertz CT molecular complexity index is 715. The molecule has 136 valence electrons. The number of carbonyl (C=O) groups excluding carboxylic acids is 1. The number of nitrogens with two attached hydrogens (primary N) is 1. The predicted octanol–water partition coefficient (Wildman–Crippen LogP) is 2.23. The zero-order valence-electron chi connectivity index (χ0n) is 13.6. The Labute approximate surface area is 153 Å². The minimum atomic E-state index is -1.12. The number of hydrogen-bond donors (Lipinski definition) is 2. The van der Waals surface area contributed by atoms with E-state index in [2.05, 4.69) is 15.1 Å². The summed E-state index contributed by atoms with van der Waals surface area (Å²) >= 11 is 12.2. The van der Waals surface area contributed by atoms with E-state index in [1.54, 1.807) is 13.8 Å². The lowest BCUT2D eigenvalue weighted by atomic mass is 9.93. The molecule has 1 heterocycles. The van der Waals surface area contributed by atoms with Gasteiger partial charge in [0.05, 0.1) is 15.5 Å². The summed E-state index contributed by atoms with van der Waals surface area (Å²) in [4.78, 5) is 33.2. The van der Waals surface area contributed by atoms with E-state index in [9.17, 15) is 14.9 Å². The van der Waals surface area contributed by atoms with Gasteiger partial charge in [-0.3, -0.25) is 9.69 Å². The summed E-state index contributed by atoms with van der Waals surface area (Å²) < 4.78 is 0. The van der Waals surface area contributed by atoms with Crippen LogP contribution in [-0.4, -0.2) is 41.5 Å². The minimum Gasteiger partial charge on any atom is -0.399 e.